The Morgan fingerprint density at radius 2 is 1.39 bits per heavy atom. The van der Waals surface area contributed by atoms with Gasteiger partial charge in [0.05, 0.1) is 0 Å². The largest absolute Gasteiger partial charge is 0.357 e. The summed E-state index contributed by atoms with van der Waals surface area (Å²) in [6.07, 6.45) is 30.7. The third-order valence-electron chi connectivity index (χ3n) is 3.25. The summed E-state index contributed by atoms with van der Waals surface area (Å²) in [6.45, 7) is 0. The van der Waals surface area contributed by atoms with Gasteiger partial charge < -0.3 is 4.90 Å². The highest BCUT2D eigenvalue weighted by molar-refractivity contribution is 5.49. The lowest BCUT2D eigenvalue weighted by atomic mass is 10.2. The smallest absolute Gasteiger partial charge is 0.169 e. The van der Waals surface area contributed by atoms with Gasteiger partial charge in [0.2, 0.25) is 0 Å². The molecule has 0 aliphatic carbocycles. The number of nitrogens with zero attached hydrogens (tertiary/aromatic N) is 2. The van der Waals surface area contributed by atoms with Gasteiger partial charge in [0.15, 0.2) is 12.4 Å². The molecule has 116 valence electrons. The van der Waals surface area contributed by atoms with Crippen molar-refractivity contribution in [3.63, 3.8) is 0 Å². The number of hydrogen-bond donors (Lipinski definition) is 0. The van der Waals surface area contributed by atoms with Crippen LogP contribution in [0.15, 0.2) is 103 Å². The third-order valence-corrected chi connectivity index (χ3v) is 3.25. The van der Waals surface area contributed by atoms with E-state index in [4.69, 9.17) is 0 Å². The van der Waals surface area contributed by atoms with Gasteiger partial charge >= 0.3 is 0 Å². The van der Waals surface area contributed by atoms with Gasteiger partial charge in [-0.25, -0.2) is 4.57 Å². The molecule has 23 heavy (non-hydrogen) atoms. The van der Waals surface area contributed by atoms with E-state index in [1.54, 1.807) is 0 Å². The molecule has 0 atom stereocenters. The third kappa shape index (κ3) is 6.62. The molecule has 2 heterocycles. The van der Waals surface area contributed by atoms with E-state index < -0.39 is 0 Å². The lowest BCUT2D eigenvalue weighted by Gasteiger charge is -2.11. The molecule has 2 nitrogen and oxygen atoms in total. The van der Waals surface area contributed by atoms with E-state index in [0.29, 0.717) is 0 Å². The van der Waals surface area contributed by atoms with Crippen LogP contribution in [0.4, 0.5) is 0 Å². The molecular weight excluding hydrogens is 280 g/mol. The predicted octanol–water partition coefficient (Wildman–Crippen LogP) is 4.09. The van der Waals surface area contributed by atoms with Crippen LogP contribution in [0.2, 0.25) is 0 Å². The Labute approximate surface area is 139 Å². The molecule has 0 saturated carbocycles. The fourth-order valence-corrected chi connectivity index (χ4v) is 1.90. The Balaban J connectivity index is 1.75. The minimum absolute atomic E-state index is 1.20. The second-order valence-electron chi connectivity index (χ2n) is 5.27. The maximum absolute atomic E-state index is 2.09. The molecule has 1 aromatic heterocycles. The maximum Gasteiger partial charge on any atom is 0.169 e. The molecule has 1 aliphatic heterocycles. The zero-order valence-corrected chi connectivity index (χ0v) is 13.7. The molecule has 1 aliphatic rings. The first-order valence-corrected chi connectivity index (χ1v) is 7.66. The van der Waals surface area contributed by atoms with E-state index in [-0.39, 0.29) is 0 Å². The van der Waals surface area contributed by atoms with Crippen molar-refractivity contribution >= 4 is 6.08 Å². The highest BCUT2D eigenvalue weighted by atomic mass is 15.0. The molecule has 0 amide bonds. The molecule has 0 saturated heterocycles. The molecule has 2 heteroatoms. The first-order valence-electron chi connectivity index (χ1n) is 7.66. The quantitative estimate of drug-likeness (QED) is 0.587. The molecule has 0 unspecified atom stereocenters. The van der Waals surface area contributed by atoms with Gasteiger partial charge in [-0.2, -0.15) is 0 Å². The van der Waals surface area contributed by atoms with Crippen molar-refractivity contribution in [2.24, 2.45) is 7.05 Å². The van der Waals surface area contributed by atoms with Crippen LogP contribution in [-0.2, 0) is 7.05 Å². The Bertz CT molecular complexity index is 680. The Kier molecular flexibility index (Phi) is 6.61. The molecule has 1 aromatic rings. The van der Waals surface area contributed by atoms with Gasteiger partial charge in [0.25, 0.3) is 0 Å². The van der Waals surface area contributed by atoms with Crippen LogP contribution in [0.1, 0.15) is 5.56 Å². The Morgan fingerprint density at radius 1 is 0.826 bits per heavy atom. The molecule has 0 spiro atoms. The minimum Gasteiger partial charge on any atom is -0.357 e. The summed E-state index contributed by atoms with van der Waals surface area (Å²) in [6, 6.07) is 4.17. The highest BCUT2D eigenvalue weighted by Gasteiger charge is 1.92. The van der Waals surface area contributed by atoms with Gasteiger partial charge in [-0.05, 0) is 23.3 Å². The lowest BCUT2D eigenvalue weighted by Crippen LogP contribution is -2.25. The van der Waals surface area contributed by atoms with E-state index in [1.165, 1.54) is 11.1 Å². The van der Waals surface area contributed by atoms with Gasteiger partial charge in [0.1, 0.15) is 7.05 Å². The van der Waals surface area contributed by atoms with Crippen molar-refractivity contribution in [3.8, 4) is 0 Å². The Hall–Kier alpha value is -2.87. The number of allylic oxidation sites excluding steroid dienone is 11. The van der Waals surface area contributed by atoms with Gasteiger partial charge in [0, 0.05) is 31.6 Å². The van der Waals surface area contributed by atoms with Gasteiger partial charge in [-0.1, -0.05) is 54.7 Å². The normalized spacial score (nSPS) is 15.0. The predicted molar refractivity (Wildman–Crippen MR) is 98.2 cm³/mol. The van der Waals surface area contributed by atoms with E-state index in [1.807, 2.05) is 90.9 Å². The second-order valence-corrected chi connectivity index (χ2v) is 5.27. The lowest BCUT2D eigenvalue weighted by molar-refractivity contribution is -0.671. The van der Waals surface area contributed by atoms with Crippen LogP contribution in [-0.4, -0.2) is 11.9 Å². The van der Waals surface area contributed by atoms with Crippen LogP contribution in [0, 0.1) is 0 Å². The number of aryl methyl sites for hydroxylation is 1. The summed E-state index contributed by atoms with van der Waals surface area (Å²) in [5.74, 6) is 0. The number of rotatable bonds is 5. The zero-order valence-electron chi connectivity index (χ0n) is 13.7. The summed E-state index contributed by atoms with van der Waals surface area (Å²) in [4.78, 5) is 2.02. The van der Waals surface area contributed by atoms with Crippen LogP contribution < -0.4 is 4.57 Å². The molecular formula is C21H23N2+. The summed E-state index contributed by atoms with van der Waals surface area (Å²) in [7, 11) is 4.03. The van der Waals surface area contributed by atoms with Crippen molar-refractivity contribution < 1.29 is 4.57 Å². The van der Waals surface area contributed by atoms with E-state index in [9.17, 15) is 0 Å². The van der Waals surface area contributed by atoms with Crippen molar-refractivity contribution in [2.45, 2.75) is 0 Å². The fraction of sp³-hybridized carbons (Fsp3) is 0.0952. The van der Waals surface area contributed by atoms with Crippen molar-refractivity contribution in [1.29, 1.82) is 0 Å². The number of hydrogen-bond acceptors (Lipinski definition) is 1. The van der Waals surface area contributed by atoms with E-state index in [0.717, 1.165) is 0 Å². The molecule has 0 aromatic carbocycles. The maximum atomic E-state index is 2.09. The van der Waals surface area contributed by atoms with E-state index in [2.05, 4.69) is 36.4 Å². The van der Waals surface area contributed by atoms with Crippen LogP contribution in [0.5, 0.6) is 0 Å². The van der Waals surface area contributed by atoms with Crippen molar-refractivity contribution in [2.75, 3.05) is 7.05 Å². The van der Waals surface area contributed by atoms with Crippen LogP contribution >= 0.6 is 0 Å². The Morgan fingerprint density at radius 3 is 2.04 bits per heavy atom. The fourth-order valence-electron chi connectivity index (χ4n) is 1.90. The zero-order chi connectivity index (χ0) is 16.3. The molecule has 0 fully saturated rings. The highest BCUT2D eigenvalue weighted by Crippen LogP contribution is 2.07. The summed E-state index contributed by atoms with van der Waals surface area (Å²) < 4.78 is 2.02. The molecule has 2 rings (SSSR count). The topological polar surface area (TPSA) is 7.12 Å². The number of aromatic nitrogens is 1. The molecule has 0 bridgehead atoms. The number of pyridine rings is 1. The first kappa shape index (κ1) is 16.5. The summed E-state index contributed by atoms with van der Waals surface area (Å²) in [5.41, 5.74) is 2.39. The minimum atomic E-state index is 1.20. The standard InChI is InChI=1S/C21H23N2/c1-22-16-12-20(13-17-22)10-8-6-4-3-5-7-9-11-21-14-18-23(2)19-15-21/h3-19H,1-2H3/q+1. The SMILES string of the molecule is CN1C=CC(=C/C=C/C=C/C=C/C=C/c2cc[n+](C)cc2)C=C1. The van der Waals surface area contributed by atoms with Gasteiger partial charge in [-0.15, -0.1) is 0 Å². The van der Waals surface area contributed by atoms with Gasteiger partial charge in [-0.3, -0.25) is 0 Å². The first-order chi connectivity index (χ1) is 11.2. The van der Waals surface area contributed by atoms with E-state index >= 15 is 0 Å². The monoisotopic (exact) mass is 303 g/mol. The van der Waals surface area contributed by atoms with Crippen molar-refractivity contribution in [3.05, 3.63) is 109 Å². The van der Waals surface area contributed by atoms with Crippen molar-refractivity contribution in [1.82, 2.24) is 4.90 Å². The second kappa shape index (κ2) is 9.21. The summed E-state index contributed by atoms with van der Waals surface area (Å²) >= 11 is 0. The molecule has 0 N–H and O–H groups in total. The average Bonchev–Trinajstić information content (AvgIpc) is 2.56. The average molecular weight is 303 g/mol. The molecule has 0 radical (unpaired) electrons. The summed E-state index contributed by atoms with van der Waals surface area (Å²) in [5, 5.41) is 0. The van der Waals surface area contributed by atoms with Crippen LogP contribution in [0.3, 0.4) is 0 Å². The van der Waals surface area contributed by atoms with Crippen LogP contribution in [0.25, 0.3) is 6.08 Å².